The molecule has 22 heavy (non-hydrogen) atoms. The molecule has 1 aromatic heterocycles. The third-order valence-corrected chi connectivity index (χ3v) is 5.15. The average molecular weight is 322 g/mol. The van der Waals surface area contributed by atoms with E-state index in [0.29, 0.717) is 16.8 Å². The van der Waals surface area contributed by atoms with Crippen molar-refractivity contribution in [1.29, 1.82) is 0 Å². The number of piperidine rings is 2. The maximum atomic E-state index is 12.5. The first-order chi connectivity index (χ1) is 10.6. The zero-order chi connectivity index (χ0) is 15.5. The van der Waals surface area contributed by atoms with E-state index in [1.807, 2.05) is 4.90 Å². The van der Waals surface area contributed by atoms with Crippen LogP contribution in [0.3, 0.4) is 0 Å². The Kier molecular flexibility index (Phi) is 4.99. The van der Waals surface area contributed by atoms with Gasteiger partial charge in [-0.3, -0.25) is 9.69 Å². The van der Waals surface area contributed by atoms with Gasteiger partial charge in [0.15, 0.2) is 0 Å². The highest BCUT2D eigenvalue weighted by molar-refractivity contribution is 6.29. The van der Waals surface area contributed by atoms with Crippen LogP contribution in [0.2, 0.25) is 5.15 Å². The molecule has 0 N–H and O–H groups in total. The molecule has 0 aliphatic carbocycles. The monoisotopic (exact) mass is 321 g/mol. The fourth-order valence-corrected chi connectivity index (χ4v) is 3.79. The van der Waals surface area contributed by atoms with Gasteiger partial charge in [-0.05, 0) is 50.3 Å². The molecule has 120 valence electrons. The zero-order valence-corrected chi connectivity index (χ0v) is 13.9. The smallest absolute Gasteiger partial charge is 0.255 e. The number of amides is 1. The molecule has 5 heteroatoms. The van der Waals surface area contributed by atoms with E-state index in [0.717, 1.165) is 31.8 Å². The maximum absolute atomic E-state index is 12.5. The van der Waals surface area contributed by atoms with Crippen molar-refractivity contribution in [2.45, 2.75) is 38.6 Å². The molecule has 0 unspecified atom stereocenters. The lowest BCUT2D eigenvalue weighted by Gasteiger charge is -2.41. The number of hydrogen-bond acceptors (Lipinski definition) is 3. The Morgan fingerprint density at radius 3 is 2.64 bits per heavy atom. The standard InChI is InChI=1S/C17H24ClN3O/c1-13-3-2-8-21(12-13)15-6-9-20(10-7-15)17(22)14-4-5-16(18)19-11-14/h4-5,11,13,15H,2-3,6-10,12H2,1H3/t13-/m1/s1. The summed E-state index contributed by atoms with van der Waals surface area (Å²) in [6, 6.07) is 4.09. The topological polar surface area (TPSA) is 36.4 Å². The zero-order valence-electron chi connectivity index (χ0n) is 13.2. The van der Waals surface area contributed by atoms with Crippen molar-refractivity contribution in [3.8, 4) is 0 Å². The van der Waals surface area contributed by atoms with E-state index in [-0.39, 0.29) is 5.91 Å². The van der Waals surface area contributed by atoms with Gasteiger partial charge in [-0.15, -0.1) is 0 Å². The van der Waals surface area contributed by atoms with Crippen LogP contribution in [0.1, 0.15) is 43.0 Å². The van der Waals surface area contributed by atoms with E-state index in [1.54, 1.807) is 18.3 Å². The lowest BCUT2D eigenvalue weighted by atomic mass is 9.95. The molecule has 0 spiro atoms. The fourth-order valence-electron chi connectivity index (χ4n) is 3.68. The predicted octanol–water partition coefficient (Wildman–Crippen LogP) is 3.07. The van der Waals surface area contributed by atoms with Gasteiger partial charge in [-0.1, -0.05) is 18.5 Å². The molecular formula is C17H24ClN3O. The summed E-state index contributed by atoms with van der Waals surface area (Å²) in [6.45, 7) is 6.48. The summed E-state index contributed by atoms with van der Waals surface area (Å²) in [5, 5.41) is 0.425. The summed E-state index contributed by atoms with van der Waals surface area (Å²) in [6.07, 6.45) is 6.41. The molecule has 2 aliphatic rings. The van der Waals surface area contributed by atoms with Gasteiger partial charge in [0.1, 0.15) is 5.15 Å². The Balaban J connectivity index is 1.55. The highest BCUT2D eigenvalue weighted by atomic mass is 35.5. The van der Waals surface area contributed by atoms with Crippen molar-refractivity contribution < 1.29 is 4.79 Å². The third kappa shape index (κ3) is 3.61. The second-order valence-corrected chi connectivity index (χ2v) is 7.02. The molecule has 0 radical (unpaired) electrons. The van der Waals surface area contributed by atoms with Crippen LogP contribution in [0.15, 0.2) is 18.3 Å². The van der Waals surface area contributed by atoms with Gasteiger partial charge in [-0.2, -0.15) is 0 Å². The Labute approximate surface area is 137 Å². The minimum absolute atomic E-state index is 0.0784. The molecule has 1 amide bonds. The van der Waals surface area contributed by atoms with Gasteiger partial charge < -0.3 is 4.90 Å². The molecule has 2 aliphatic heterocycles. The Morgan fingerprint density at radius 1 is 1.23 bits per heavy atom. The lowest BCUT2D eigenvalue weighted by molar-refractivity contribution is 0.0541. The van der Waals surface area contributed by atoms with Crippen molar-refractivity contribution in [3.05, 3.63) is 29.0 Å². The SMILES string of the molecule is C[C@@H]1CCCN(C2CCN(C(=O)c3ccc(Cl)nc3)CC2)C1. The first-order valence-electron chi connectivity index (χ1n) is 8.28. The number of halogens is 1. The lowest BCUT2D eigenvalue weighted by Crippen LogP contribution is -2.49. The Bertz CT molecular complexity index is 511. The number of pyridine rings is 1. The van der Waals surface area contributed by atoms with E-state index in [9.17, 15) is 4.79 Å². The number of hydrogen-bond donors (Lipinski definition) is 0. The van der Waals surface area contributed by atoms with Gasteiger partial charge in [0.05, 0.1) is 5.56 Å². The number of carbonyl (C=O) groups is 1. The normalized spacial score (nSPS) is 24.5. The molecule has 2 saturated heterocycles. The Hall–Kier alpha value is -1.13. The summed E-state index contributed by atoms with van der Waals surface area (Å²) in [5.41, 5.74) is 0.634. The third-order valence-electron chi connectivity index (χ3n) is 4.93. The number of nitrogens with zero attached hydrogens (tertiary/aromatic N) is 3. The van der Waals surface area contributed by atoms with E-state index in [1.165, 1.54) is 25.9 Å². The van der Waals surface area contributed by atoms with Crippen LogP contribution in [-0.4, -0.2) is 52.9 Å². The highest BCUT2D eigenvalue weighted by Crippen LogP contribution is 2.24. The van der Waals surface area contributed by atoms with E-state index in [4.69, 9.17) is 11.6 Å². The van der Waals surface area contributed by atoms with Crippen molar-refractivity contribution >= 4 is 17.5 Å². The quantitative estimate of drug-likeness (QED) is 0.785. The summed E-state index contributed by atoms with van der Waals surface area (Å²) in [7, 11) is 0. The predicted molar refractivity (Wildman–Crippen MR) is 88.1 cm³/mol. The second-order valence-electron chi connectivity index (χ2n) is 6.64. The molecule has 4 nitrogen and oxygen atoms in total. The van der Waals surface area contributed by atoms with Gasteiger partial charge in [0, 0.05) is 31.9 Å². The summed E-state index contributed by atoms with van der Waals surface area (Å²) >= 11 is 5.78. The van der Waals surface area contributed by atoms with E-state index < -0.39 is 0 Å². The number of carbonyl (C=O) groups excluding carboxylic acids is 1. The average Bonchev–Trinajstić information content (AvgIpc) is 2.55. The van der Waals surface area contributed by atoms with Crippen molar-refractivity contribution in [1.82, 2.24) is 14.8 Å². The largest absolute Gasteiger partial charge is 0.338 e. The minimum atomic E-state index is 0.0784. The Morgan fingerprint density at radius 2 is 2.00 bits per heavy atom. The summed E-state index contributed by atoms with van der Waals surface area (Å²) in [4.78, 5) is 21.1. The fraction of sp³-hybridized carbons (Fsp3) is 0.647. The van der Waals surface area contributed by atoms with Crippen LogP contribution >= 0.6 is 11.6 Å². The van der Waals surface area contributed by atoms with Gasteiger partial charge in [-0.25, -0.2) is 4.98 Å². The van der Waals surface area contributed by atoms with Crippen molar-refractivity contribution in [3.63, 3.8) is 0 Å². The van der Waals surface area contributed by atoms with E-state index >= 15 is 0 Å². The first kappa shape index (κ1) is 15.8. The summed E-state index contributed by atoms with van der Waals surface area (Å²) < 4.78 is 0. The van der Waals surface area contributed by atoms with Gasteiger partial charge in [0.25, 0.3) is 5.91 Å². The van der Waals surface area contributed by atoms with Crippen LogP contribution in [0.5, 0.6) is 0 Å². The molecule has 3 rings (SSSR count). The highest BCUT2D eigenvalue weighted by Gasteiger charge is 2.29. The molecule has 1 atom stereocenters. The van der Waals surface area contributed by atoms with Crippen LogP contribution < -0.4 is 0 Å². The first-order valence-corrected chi connectivity index (χ1v) is 8.66. The second kappa shape index (κ2) is 6.97. The number of rotatable bonds is 2. The molecule has 0 saturated carbocycles. The number of aromatic nitrogens is 1. The molecule has 0 aromatic carbocycles. The van der Waals surface area contributed by atoms with Gasteiger partial charge in [0.2, 0.25) is 0 Å². The minimum Gasteiger partial charge on any atom is -0.338 e. The van der Waals surface area contributed by atoms with E-state index in [2.05, 4.69) is 16.8 Å². The van der Waals surface area contributed by atoms with Gasteiger partial charge >= 0.3 is 0 Å². The number of likely N-dealkylation sites (tertiary alicyclic amines) is 2. The van der Waals surface area contributed by atoms with Crippen LogP contribution in [-0.2, 0) is 0 Å². The van der Waals surface area contributed by atoms with Crippen LogP contribution in [0, 0.1) is 5.92 Å². The molecule has 2 fully saturated rings. The van der Waals surface area contributed by atoms with Crippen molar-refractivity contribution in [2.24, 2.45) is 5.92 Å². The molecular weight excluding hydrogens is 298 g/mol. The maximum Gasteiger partial charge on any atom is 0.255 e. The molecule has 1 aromatic rings. The van der Waals surface area contributed by atoms with Crippen LogP contribution in [0.25, 0.3) is 0 Å². The molecule has 3 heterocycles. The molecule has 0 bridgehead atoms. The summed E-state index contributed by atoms with van der Waals surface area (Å²) in [5.74, 6) is 0.892. The van der Waals surface area contributed by atoms with Crippen molar-refractivity contribution in [2.75, 3.05) is 26.2 Å². The van der Waals surface area contributed by atoms with Crippen LogP contribution in [0.4, 0.5) is 0 Å².